The van der Waals surface area contributed by atoms with E-state index in [0.29, 0.717) is 17.3 Å². The second-order valence-corrected chi connectivity index (χ2v) is 4.38. The van der Waals surface area contributed by atoms with Gasteiger partial charge in [-0.2, -0.15) is 4.98 Å². The van der Waals surface area contributed by atoms with Crippen molar-refractivity contribution in [3.8, 4) is 5.75 Å². The summed E-state index contributed by atoms with van der Waals surface area (Å²) in [6, 6.07) is 4.37. The maximum absolute atomic E-state index is 13.6. The van der Waals surface area contributed by atoms with Crippen LogP contribution < -0.4 is 4.74 Å². The van der Waals surface area contributed by atoms with Crippen LogP contribution in [0.4, 0.5) is 4.39 Å². The number of hydrogen-bond acceptors (Lipinski definition) is 5. The van der Waals surface area contributed by atoms with Crippen LogP contribution in [0.3, 0.4) is 0 Å². The topological polar surface area (TPSA) is 68.4 Å². The molecule has 1 heterocycles. The Labute approximate surface area is 110 Å². The van der Waals surface area contributed by atoms with E-state index in [4.69, 9.17) is 14.4 Å². The molecule has 19 heavy (non-hydrogen) atoms. The molecule has 0 aliphatic rings. The first kappa shape index (κ1) is 13.5. The Kier molecular flexibility index (Phi) is 4.11. The second kappa shape index (κ2) is 5.79. The van der Waals surface area contributed by atoms with Crippen LogP contribution in [0.5, 0.6) is 5.75 Å². The molecule has 0 amide bonds. The number of aromatic nitrogens is 2. The Hall–Kier alpha value is -1.95. The third-order valence-corrected chi connectivity index (χ3v) is 2.54. The summed E-state index contributed by atoms with van der Waals surface area (Å²) in [5, 5.41) is 12.9. The van der Waals surface area contributed by atoms with Crippen molar-refractivity contribution in [3.63, 3.8) is 0 Å². The lowest BCUT2D eigenvalue weighted by Crippen LogP contribution is -2.02. The van der Waals surface area contributed by atoms with Crippen molar-refractivity contribution in [1.82, 2.24) is 10.1 Å². The van der Waals surface area contributed by atoms with Crippen molar-refractivity contribution in [2.45, 2.75) is 33.0 Å². The molecule has 2 aromatic rings. The van der Waals surface area contributed by atoms with E-state index in [1.165, 1.54) is 12.1 Å². The predicted molar refractivity (Wildman–Crippen MR) is 65.0 cm³/mol. The third kappa shape index (κ3) is 3.08. The molecule has 0 spiro atoms. The molecule has 6 heteroatoms. The van der Waals surface area contributed by atoms with Gasteiger partial charge < -0.3 is 14.4 Å². The lowest BCUT2D eigenvalue weighted by molar-refractivity contribution is 0.244. The van der Waals surface area contributed by atoms with Gasteiger partial charge in [-0.25, -0.2) is 4.39 Å². The van der Waals surface area contributed by atoms with E-state index in [1.807, 2.05) is 13.8 Å². The molecule has 2 rings (SSSR count). The predicted octanol–water partition coefficient (Wildman–Crippen LogP) is 2.40. The first-order valence-corrected chi connectivity index (χ1v) is 5.95. The average molecular weight is 266 g/mol. The minimum absolute atomic E-state index is 0.00977. The van der Waals surface area contributed by atoms with Gasteiger partial charge in [0, 0.05) is 11.5 Å². The molecule has 0 radical (unpaired) electrons. The highest BCUT2D eigenvalue weighted by Gasteiger charge is 2.13. The van der Waals surface area contributed by atoms with Crippen LogP contribution in [0.1, 0.15) is 37.0 Å². The van der Waals surface area contributed by atoms with Crippen LogP contribution in [-0.2, 0) is 13.2 Å². The van der Waals surface area contributed by atoms with E-state index in [1.54, 1.807) is 6.07 Å². The highest BCUT2D eigenvalue weighted by molar-refractivity contribution is 5.34. The summed E-state index contributed by atoms with van der Waals surface area (Å²) in [4.78, 5) is 4.12. The summed E-state index contributed by atoms with van der Waals surface area (Å²) in [6.07, 6.45) is 0. The first-order chi connectivity index (χ1) is 9.11. The van der Waals surface area contributed by atoms with Crippen LogP contribution in [0, 0.1) is 5.82 Å². The molecule has 0 aliphatic carbocycles. The minimum atomic E-state index is -0.529. The summed E-state index contributed by atoms with van der Waals surface area (Å²) in [5.74, 6) is 0.466. The number of benzene rings is 1. The third-order valence-electron chi connectivity index (χ3n) is 2.54. The number of ether oxygens (including phenoxy) is 1. The second-order valence-electron chi connectivity index (χ2n) is 4.38. The molecule has 0 saturated heterocycles. The Bertz CT molecular complexity index is 555. The van der Waals surface area contributed by atoms with Crippen molar-refractivity contribution < 1.29 is 18.8 Å². The molecule has 5 nitrogen and oxygen atoms in total. The quantitative estimate of drug-likeness (QED) is 0.900. The molecule has 0 atom stereocenters. The number of rotatable bonds is 5. The van der Waals surface area contributed by atoms with E-state index in [9.17, 15) is 4.39 Å². The largest absolute Gasteiger partial charge is 0.482 e. The normalized spacial score (nSPS) is 11.0. The van der Waals surface area contributed by atoms with Crippen molar-refractivity contribution >= 4 is 0 Å². The van der Waals surface area contributed by atoms with Crippen molar-refractivity contribution in [3.05, 3.63) is 41.3 Å². The van der Waals surface area contributed by atoms with E-state index in [-0.39, 0.29) is 24.9 Å². The van der Waals surface area contributed by atoms with Gasteiger partial charge in [0.1, 0.15) is 0 Å². The van der Waals surface area contributed by atoms with Crippen LogP contribution in [-0.4, -0.2) is 15.2 Å². The molecule has 1 aromatic carbocycles. The number of nitrogens with zero attached hydrogens (tertiary/aromatic N) is 2. The summed E-state index contributed by atoms with van der Waals surface area (Å²) < 4.78 is 23.9. The standard InChI is InChI=1S/C13H15FN2O3/c1-8(2)13-15-11(16-19-13)7-18-12-9(6-17)4-3-5-10(12)14/h3-5,8,17H,6-7H2,1-2H3. The van der Waals surface area contributed by atoms with E-state index < -0.39 is 5.82 Å². The van der Waals surface area contributed by atoms with Gasteiger partial charge in [-0.1, -0.05) is 31.1 Å². The molecule has 0 unspecified atom stereocenters. The zero-order valence-electron chi connectivity index (χ0n) is 10.8. The maximum Gasteiger partial charge on any atom is 0.229 e. The number of aliphatic hydroxyl groups excluding tert-OH is 1. The van der Waals surface area contributed by atoms with Gasteiger partial charge in [0.15, 0.2) is 18.2 Å². The molecule has 0 aliphatic heterocycles. The summed E-state index contributed by atoms with van der Waals surface area (Å²) >= 11 is 0. The zero-order valence-corrected chi connectivity index (χ0v) is 10.8. The van der Waals surface area contributed by atoms with Gasteiger partial charge in [-0.3, -0.25) is 0 Å². The lowest BCUT2D eigenvalue weighted by atomic mass is 10.2. The fourth-order valence-corrected chi connectivity index (χ4v) is 1.54. The molecule has 0 bridgehead atoms. The molecule has 102 valence electrons. The van der Waals surface area contributed by atoms with Gasteiger partial charge in [-0.15, -0.1) is 0 Å². The summed E-state index contributed by atoms with van der Waals surface area (Å²) in [6.45, 7) is 3.55. The van der Waals surface area contributed by atoms with Crippen LogP contribution in [0.2, 0.25) is 0 Å². The Morgan fingerprint density at radius 3 is 2.84 bits per heavy atom. The number of hydrogen-bond donors (Lipinski definition) is 1. The fourth-order valence-electron chi connectivity index (χ4n) is 1.54. The van der Waals surface area contributed by atoms with Gasteiger partial charge in [0.25, 0.3) is 0 Å². The lowest BCUT2D eigenvalue weighted by Gasteiger charge is -2.08. The smallest absolute Gasteiger partial charge is 0.229 e. The van der Waals surface area contributed by atoms with E-state index >= 15 is 0 Å². The molecule has 1 N–H and O–H groups in total. The minimum Gasteiger partial charge on any atom is -0.482 e. The zero-order chi connectivity index (χ0) is 13.8. The number of para-hydroxylation sites is 1. The highest BCUT2D eigenvalue weighted by atomic mass is 19.1. The summed E-state index contributed by atoms with van der Waals surface area (Å²) in [5.41, 5.74) is 0.382. The van der Waals surface area contributed by atoms with Gasteiger partial charge in [0.2, 0.25) is 11.7 Å². The number of aliphatic hydroxyl groups is 1. The van der Waals surface area contributed by atoms with E-state index in [0.717, 1.165) is 0 Å². The van der Waals surface area contributed by atoms with E-state index in [2.05, 4.69) is 10.1 Å². The molecule has 0 saturated carbocycles. The highest BCUT2D eigenvalue weighted by Crippen LogP contribution is 2.23. The average Bonchev–Trinajstić information content (AvgIpc) is 2.86. The molecular weight excluding hydrogens is 251 g/mol. The maximum atomic E-state index is 13.6. The Morgan fingerprint density at radius 1 is 1.42 bits per heavy atom. The van der Waals surface area contributed by atoms with Crippen LogP contribution in [0.25, 0.3) is 0 Å². The van der Waals surface area contributed by atoms with Gasteiger partial charge in [0.05, 0.1) is 6.61 Å². The van der Waals surface area contributed by atoms with Crippen LogP contribution >= 0.6 is 0 Å². The van der Waals surface area contributed by atoms with Crippen molar-refractivity contribution in [2.24, 2.45) is 0 Å². The van der Waals surface area contributed by atoms with Gasteiger partial charge >= 0.3 is 0 Å². The van der Waals surface area contributed by atoms with Crippen molar-refractivity contribution in [2.75, 3.05) is 0 Å². The van der Waals surface area contributed by atoms with Crippen molar-refractivity contribution in [1.29, 1.82) is 0 Å². The van der Waals surface area contributed by atoms with Crippen LogP contribution in [0.15, 0.2) is 22.7 Å². The molecule has 0 fully saturated rings. The van der Waals surface area contributed by atoms with Gasteiger partial charge in [-0.05, 0) is 6.07 Å². The molecule has 1 aromatic heterocycles. The molecular formula is C13H15FN2O3. The Morgan fingerprint density at radius 2 is 2.21 bits per heavy atom. The number of halogens is 1. The summed E-state index contributed by atoms with van der Waals surface area (Å²) in [7, 11) is 0. The first-order valence-electron chi connectivity index (χ1n) is 5.95. The Balaban J connectivity index is 2.09. The SMILES string of the molecule is CC(C)c1nc(COc2c(F)cccc2CO)no1. The fraction of sp³-hybridized carbons (Fsp3) is 0.385. The monoisotopic (exact) mass is 266 g/mol.